The maximum Gasteiger partial charge on any atom is 0.257 e. The molecule has 1 saturated heterocycles. The third-order valence-electron chi connectivity index (χ3n) is 5.95. The minimum atomic E-state index is -0.0544. The van der Waals surface area contributed by atoms with Crippen molar-refractivity contribution >= 4 is 11.8 Å². The van der Waals surface area contributed by atoms with Crippen LogP contribution < -0.4 is 20.5 Å². The molecule has 1 heterocycles. The number of methoxy groups -OCH3 is 2. The highest BCUT2D eigenvalue weighted by atomic mass is 16.5. The predicted octanol–water partition coefficient (Wildman–Crippen LogP) is 1.94. The van der Waals surface area contributed by atoms with Gasteiger partial charge >= 0.3 is 0 Å². The average molecular weight is 389 g/mol. The fraction of sp³-hybridized carbons (Fsp3) is 0.619. The van der Waals surface area contributed by atoms with Crippen LogP contribution in [0.1, 0.15) is 48.9 Å². The summed E-state index contributed by atoms with van der Waals surface area (Å²) in [6.07, 6.45) is 5.22. The van der Waals surface area contributed by atoms with Crippen LogP contribution >= 0.6 is 0 Å². The summed E-state index contributed by atoms with van der Waals surface area (Å²) >= 11 is 0. The van der Waals surface area contributed by atoms with Gasteiger partial charge in [-0.25, -0.2) is 0 Å². The Morgan fingerprint density at radius 2 is 1.89 bits per heavy atom. The van der Waals surface area contributed by atoms with E-state index in [2.05, 4.69) is 5.32 Å². The van der Waals surface area contributed by atoms with Gasteiger partial charge in [0.15, 0.2) is 0 Å². The number of ether oxygens (including phenoxy) is 2. The Hall–Kier alpha value is -2.28. The molecule has 0 spiro atoms. The summed E-state index contributed by atoms with van der Waals surface area (Å²) in [7, 11) is 3.12. The summed E-state index contributed by atoms with van der Waals surface area (Å²) in [4.78, 5) is 27.0. The first kappa shape index (κ1) is 20.5. The summed E-state index contributed by atoms with van der Waals surface area (Å²) < 4.78 is 10.5. The minimum absolute atomic E-state index is 0.0544. The number of nitrogens with zero attached hydrogens (tertiary/aromatic N) is 1. The van der Waals surface area contributed by atoms with Gasteiger partial charge in [0.25, 0.3) is 5.91 Å². The second kappa shape index (κ2) is 9.28. The van der Waals surface area contributed by atoms with Crippen LogP contribution in [0, 0.1) is 5.92 Å². The highest BCUT2D eigenvalue weighted by Crippen LogP contribution is 2.28. The van der Waals surface area contributed by atoms with Crippen molar-refractivity contribution in [2.45, 2.75) is 50.6 Å². The van der Waals surface area contributed by atoms with Crippen LogP contribution in [0.15, 0.2) is 18.2 Å². The van der Waals surface area contributed by atoms with Crippen LogP contribution in [0.5, 0.6) is 11.5 Å². The molecular formula is C21H31N3O4. The van der Waals surface area contributed by atoms with Crippen LogP contribution in [-0.2, 0) is 4.79 Å². The molecule has 2 aliphatic rings. The van der Waals surface area contributed by atoms with Gasteiger partial charge in [-0.2, -0.15) is 0 Å². The van der Waals surface area contributed by atoms with Crippen molar-refractivity contribution in [3.63, 3.8) is 0 Å². The lowest BCUT2D eigenvalue weighted by atomic mass is 9.98. The van der Waals surface area contributed by atoms with Gasteiger partial charge in [0, 0.05) is 37.7 Å². The number of likely N-dealkylation sites (tertiary alicyclic amines) is 1. The summed E-state index contributed by atoms with van der Waals surface area (Å²) in [5.74, 6) is 1.50. The van der Waals surface area contributed by atoms with E-state index in [-0.39, 0.29) is 23.9 Å². The Balaban J connectivity index is 1.51. The first-order valence-electron chi connectivity index (χ1n) is 10.1. The quantitative estimate of drug-likeness (QED) is 0.775. The molecule has 1 aliphatic heterocycles. The van der Waals surface area contributed by atoms with Gasteiger partial charge in [-0.1, -0.05) is 6.42 Å². The number of piperidine rings is 1. The van der Waals surface area contributed by atoms with Crippen molar-refractivity contribution in [1.29, 1.82) is 0 Å². The molecule has 3 N–H and O–H groups in total. The molecule has 1 aromatic carbocycles. The van der Waals surface area contributed by atoms with E-state index in [1.54, 1.807) is 32.4 Å². The van der Waals surface area contributed by atoms with Gasteiger partial charge in [-0.3, -0.25) is 9.59 Å². The average Bonchev–Trinajstić information content (AvgIpc) is 3.11. The molecule has 0 unspecified atom stereocenters. The van der Waals surface area contributed by atoms with Gasteiger partial charge in [0.2, 0.25) is 5.91 Å². The standard InChI is InChI=1S/C21H31N3O4/c1-27-16-6-7-17(19(13-16)28-2)21(26)24-10-8-15(9-11-24)23-20(25)12-14-4-3-5-18(14)22/h6-7,13-15,18H,3-5,8-12,22H2,1-2H3,(H,23,25)/t14-,18+/m0/s1. The lowest BCUT2D eigenvalue weighted by molar-refractivity contribution is -0.123. The SMILES string of the molecule is COc1ccc(C(=O)N2CCC(NC(=O)C[C@@H]3CCC[C@H]3N)CC2)c(OC)c1. The number of amides is 2. The first-order valence-corrected chi connectivity index (χ1v) is 10.1. The van der Waals surface area contributed by atoms with Gasteiger partial charge in [0.05, 0.1) is 19.8 Å². The highest BCUT2D eigenvalue weighted by molar-refractivity contribution is 5.97. The van der Waals surface area contributed by atoms with E-state index >= 15 is 0 Å². The van der Waals surface area contributed by atoms with E-state index in [0.717, 1.165) is 32.1 Å². The maximum absolute atomic E-state index is 12.9. The van der Waals surface area contributed by atoms with Crippen molar-refractivity contribution in [1.82, 2.24) is 10.2 Å². The second-order valence-electron chi connectivity index (χ2n) is 7.76. The second-order valence-corrected chi connectivity index (χ2v) is 7.76. The molecule has 7 heteroatoms. The zero-order chi connectivity index (χ0) is 20.1. The number of hydrogen-bond donors (Lipinski definition) is 2. The zero-order valence-corrected chi connectivity index (χ0v) is 16.8. The molecule has 0 aromatic heterocycles. The molecule has 0 bridgehead atoms. The van der Waals surface area contributed by atoms with Crippen molar-refractivity contribution in [3.8, 4) is 11.5 Å². The lowest BCUT2D eigenvalue weighted by Gasteiger charge is -2.33. The molecule has 0 radical (unpaired) electrons. The van der Waals surface area contributed by atoms with Crippen molar-refractivity contribution in [2.24, 2.45) is 11.7 Å². The van der Waals surface area contributed by atoms with E-state index in [0.29, 0.717) is 42.5 Å². The Morgan fingerprint density at radius 3 is 2.50 bits per heavy atom. The monoisotopic (exact) mass is 389 g/mol. The number of carbonyl (C=O) groups is 2. The van der Waals surface area contributed by atoms with Gasteiger partial charge in [0.1, 0.15) is 11.5 Å². The van der Waals surface area contributed by atoms with E-state index < -0.39 is 0 Å². The van der Waals surface area contributed by atoms with E-state index in [1.165, 1.54) is 0 Å². The first-order chi connectivity index (χ1) is 13.5. The van der Waals surface area contributed by atoms with Gasteiger partial charge < -0.3 is 25.4 Å². The van der Waals surface area contributed by atoms with Crippen LogP contribution in [0.25, 0.3) is 0 Å². The molecule has 28 heavy (non-hydrogen) atoms. The largest absolute Gasteiger partial charge is 0.497 e. The maximum atomic E-state index is 12.9. The lowest BCUT2D eigenvalue weighted by Crippen LogP contribution is -2.47. The number of nitrogens with two attached hydrogens (primary N) is 1. The Bertz CT molecular complexity index is 701. The molecule has 7 nitrogen and oxygen atoms in total. The summed E-state index contributed by atoms with van der Waals surface area (Å²) in [6, 6.07) is 5.49. The topological polar surface area (TPSA) is 93.9 Å². The third-order valence-corrected chi connectivity index (χ3v) is 5.95. The number of hydrogen-bond acceptors (Lipinski definition) is 5. The molecule has 3 rings (SSSR count). The Kier molecular flexibility index (Phi) is 6.78. The highest BCUT2D eigenvalue weighted by Gasteiger charge is 2.29. The van der Waals surface area contributed by atoms with Crippen LogP contribution in [0.3, 0.4) is 0 Å². The number of rotatable bonds is 6. The number of benzene rings is 1. The van der Waals surface area contributed by atoms with Gasteiger partial charge in [-0.15, -0.1) is 0 Å². The van der Waals surface area contributed by atoms with Crippen molar-refractivity contribution in [3.05, 3.63) is 23.8 Å². The van der Waals surface area contributed by atoms with E-state index in [1.807, 2.05) is 4.90 Å². The molecule has 154 valence electrons. The normalized spacial score (nSPS) is 22.8. The third kappa shape index (κ3) is 4.76. The molecular weight excluding hydrogens is 358 g/mol. The van der Waals surface area contributed by atoms with Crippen LogP contribution in [-0.4, -0.2) is 56.1 Å². The fourth-order valence-electron chi connectivity index (χ4n) is 4.22. The van der Waals surface area contributed by atoms with Gasteiger partial charge in [-0.05, 0) is 43.7 Å². The molecule has 1 aliphatic carbocycles. The fourth-order valence-corrected chi connectivity index (χ4v) is 4.22. The molecule has 1 saturated carbocycles. The molecule has 1 aromatic rings. The number of carbonyl (C=O) groups excluding carboxylic acids is 2. The summed E-state index contributed by atoms with van der Waals surface area (Å²) in [6.45, 7) is 1.23. The Labute approximate surface area is 166 Å². The van der Waals surface area contributed by atoms with Crippen molar-refractivity contribution in [2.75, 3.05) is 27.3 Å². The van der Waals surface area contributed by atoms with E-state index in [4.69, 9.17) is 15.2 Å². The van der Waals surface area contributed by atoms with Crippen molar-refractivity contribution < 1.29 is 19.1 Å². The van der Waals surface area contributed by atoms with Crippen LogP contribution in [0.2, 0.25) is 0 Å². The molecule has 2 amide bonds. The van der Waals surface area contributed by atoms with E-state index in [9.17, 15) is 9.59 Å². The summed E-state index contributed by atoms with van der Waals surface area (Å²) in [5.41, 5.74) is 6.60. The predicted molar refractivity (Wildman–Crippen MR) is 107 cm³/mol. The molecule has 2 fully saturated rings. The zero-order valence-electron chi connectivity index (χ0n) is 16.8. The summed E-state index contributed by atoms with van der Waals surface area (Å²) in [5, 5.41) is 3.13. The minimum Gasteiger partial charge on any atom is -0.497 e. The molecule has 2 atom stereocenters. The number of nitrogens with one attached hydrogen (secondary N) is 1. The Morgan fingerprint density at radius 1 is 1.14 bits per heavy atom. The smallest absolute Gasteiger partial charge is 0.257 e. The van der Waals surface area contributed by atoms with Crippen LogP contribution in [0.4, 0.5) is 0 Å².